The Labute approximate surface area is 149 Å². The standard InChI is InChI=1S/C16H18N4O6/c1-9-17-13(26-19-9)8-20(2)16(23)18-12-6-10(14(21)24-3)5-11(7-12)15(22)25-4/h5-7H,8H2,1-4H3,(H,18,23). The van der Waals surface area contributed by atoms with Crippen molar-refractivity contribution in [2.45, 2.75) is 13.5 Å². The second-order valence-electron chi connectivity index (χ2n) is 5.30. The quantitative estimate of drug-likeness (QED) is 0.796. The summed E-state index contributed by atoms with van der Waals surface area (Å²) in [6, 6.07) is 3.60. The first-order valence-electron chi connectivity index (χ1n) is 7.47. The van der Waals surface area contributed by atoms with Crippen molar-refractivity contribution in [1.82, 2.24) is 15.0 Å². The van der Waals surface area contributed by atoms with Gasteiger partial charge in [0.15, 0.2) is 5.82 Å². The highest BCUT2D eigenvalue weighted by Gasteiger charge is 2.17. The average molecular weight is 362 g/mol. The number of nitrogens with zero attached hydrogens (tertiary/aromatic N) is 3. The molecule has 0 aliphatic rings. The zero-order chi connectivity index (χ0) is 19.3. The van der Waals surface area contributed by atoms with Gasteiger partial charge >= 0.3 is 18.0 Å². The summed E-state index contributed by atoms with van der Waals surface area (Å²) in [4.78, 5) is 41.2. The Morgan fingerprint density at radius 3 is 2.15 bits per heavy atom. The summed E-state index contributed by atoms with van der Waals surface area (Å²) in [5.41, 5.74) is 0.425. The van der Waals surface area contributed by atoms with Gasteiger partial charge in [-0.05, 0) is 25.1 Å². The van der Waals surface area contributed by atoms with Crippen LogP contribution in [-0.2, 0) is 16.0 Å². The Kier molecular flexibility index (Phi) is 5.89. The van der Waals surface area contributed by atoms with Crippen LogP contribution in [-0.4, -0.2) is 54.3 Å². The van der Waals surface area contributed by atoms with E-state index in [-0.39, 0.29) is 29.2 Å². The van der Waals surface area contributed by atoms with Crippen LogP contribution in [0.15, 0.2) is 22.7 Å². The van der Waals surface area contributed by atoms with Gasteiger partial charge in [0, 0.05) is 12.7 Å². The highest BCUT2D eigenvalue weighted by atomic mass is 16.5. The summed E-state index contributed by atoms with van der Waals surface area (Å²) >= 11 is 0. The number of carbonyl (C=O) groups excluding carboxylic acids is 3. The Morgan fingerprint density at radius 2 is 1.69 bits per heavy atom. The average Bonchev–Trinajstić information content (AvgIpc) is 3.04. The van der Waals surface area contributed by atoms with Gasteiger partial charge in [-0.3, -0.25) is 0 Å². The van der Waals surface area contributed by atoms with E-state index >= 15 is 0 Å². The normalized spacial score (nSPS) is 10.2. The SMILES string of the molecule is COC(=O)c1cc(NC(=O)N(C)Cc2nc(C)no2)cc(C(=O)OC)c1. The van der Waals surface area contributed by atoms with Crippen LogP contribution in [0.1, 0.15) is 32.4 Å². The number of aromatic nitrogens is 2. The molecule has 10 nitrogen and oxygen atoms in total. The molecule has 0 aliphatic carbocycles. The zero-order valence-electron chi connectivity index (χ0n) is 14.7. The molecule has 0 spiro atoms. The predicted octanol–water partition coefficient (Wildman–Crippen LogP) is 1.62. The van der Waals surface area contributed by atoms with Crippen LogP contribution in [0.5, 0.6) is 0 Å². The van der Waals surface area contributed by atoms with Crippen LogP contribution in [0.3, 0.4) is 0 Å². The van der Waals surface area contributed by atoms with Gasteiger partial charge in [-0.2, -0.15) is 4.98 Å². The first kappa shape index (κ1) is 18.9. The van der Waals surface area contributed by atoms with Gasteiger partial charge in [0.2, 0.25) is 5.89 Å². The monoisotopic (exact) mass is 362 g/mol. The van der Waals surface area contributed by atoms with Crippen molar-refractivity contribution in [3.63, 3.8) is 0 Å². The van der Waals surface area contributed by atoms with Gasteiger partial charge in [0.1, 0.15) is 6.54 Å². The van der Waals surface area contributed by atoms with Crippen molar-refractivity contribution in [3.8, 4) is 0 Å². The van der Waals surface area contributed by atoms with E-state index in [0.29, 0.717) is 5.82 Å². The fourth-order valence-electron chi connectivity index (χ4n) is 2.07. The highest BCUT2D eigenvalue weighted by molar-refractivity contribution is 5.99. The van der Waals surface area contributed by atoms with Gasteiger partial charge in [-0.1, -0.05) is 5.16 Å². The zero-order valence-corrected chi connectivity index (χ0v) is 14.7. The van der Waals surface area contributed by atoms with E-state index in [0.717, 1.165) is 0 Å². The van der Waals surface area contributed by atoms with Crippen LogP contribution >= 0.6 is 0 Å². The molecule has 1 aromatic heterocycles. The molecule has 2 amide bonds. The summed E-state index contributed by atoms with van der Waals surface area (Å²) in [6.45, 7) is 1.76. The van der Waals surface area contributed by atoms with E-state index in [9.17, 15) is 14.4 Å². The Balaban J connectivity index is 2.19. The Hall–Kier alpha value is -3.43. The number of carbonyl (C=O) groups is 3. The molecule has 0 radical (unpaired) electrons. The maximum absolute atomic E-state index is 12.3. The third-order valence-electron chi connectivity index (χ3n) is 3.32. The molecule has 0 saturated carbocycles. The lowest BCUT2D eigenvalue weighted by Crippen LogP contribution is -2.31. The number of esters is 2. The number of ether oxygens (including phenoxy) is 2. The minimum Gasteiger partial charge on any atom is -0.465 e. The molecule has 0 aliphatic heterocycles. The summed E-state index contributed by atoms with van der Waals surface area (Å²) in [7, 11) is 3.96. The second-order valence-corrected chi connectivity index (χ2v) is 5.30. The van der Waals surface area contributed by atoms with Crippen LogP contribution in [0.25, 0.3) is 0 Å². The van der Waals surface area contributed by atoms with Crippen molar-refractivity contribution in [2.75, 3.05) is 26.6 Å². The van der Waals surface area contributed by atoms with Crippen molar-refractivity contribution < 1.29 is 28.4 Å². The maximum atomic E-state index is 12.3. The fourth-order valence-corrected chi connectivity index (χ4v) is 2.07. The van der Waals surface area contributed by atoms with Crippen molar-refractivity contribution in [2.24, 2.45) is 0 Å². The molecule has 1 N–H and O–H groups in total. The number of methoxy groups -OCH3 is 2. The summed E-state index contributed by atoms with van der Waals surface area (Å²) in [5.74, 6) is -0.567. The van der Waals surface area contributed by atoms with Crippen LogP contribution in [0.4, 0.5) is 10.5 Å². The number of nitrogens with one attached hydrogen (secondary N) is 1. The second kappa shape index (κ2) is 8.10. The number of aryl methyl sites for hydroxylation is 1. The first-order chi connectivity index (χ1) is 12.3. The van der Waals surface area contributed by atoms with Crippen LogP contribution in [0, 0.1) is 6.92 Å². The highest BCUT2D eigenvalue weighted by Crippen LogP contribution is 2.18. The molecular formula is C16H18N4O6. The summed E-state index contributed by atoms with van der Waals surface area (Å²) in [5, 5.41) is 6.24. The molecule has 0 saturated heterocycles. The number of hydrogen-bond acceptors (Lipinski definition) is 8. The minimum atomic E-state index is -0.652. The molecule has 0 fully saturated rings. The maximum Gasteiger partial charge on any atom is 0.337 e. The molecule has 0 atom stereocenters. The molecule has 2 rings (SSSR count). The van der Waals surface area contributed by atoms with E-state index in [4.69, 9.17) is 4.52 Å². The number of hydrogen-bond donors (Lipinski definition) is 1. The third kappa shape index (κ3) is 4.56. The smallest absolute Gasteiger partial charge is 0.337 e. The van der Waals surface area contributed by atoms with E-state index in [2.05, 4.69) is 24.9 Å². The Morgan fingerprint density at radius 1 is 1.12 bits per heavy atom. The predicted molar refractivity (Wildman–Crippen MR) is 88.6 cm³/mol. The molecule has 0 unspecified atom stereocenters. The topological polar surface area (TPSA) is 124 Å². The third-order valence-corrected chi connectivity index (χ3v) is 3.32. The number of urea groups is 1. The minimum absolute atomic E-state index is 0.0905. The number of benzene rings is 1. The van der Waals surface area contributed by atoms with Gasteiger partial charge in [-0.25, -0.2) is 14.4 Å². The van der Waals surface area contributed by atoms with Crippen molar-refractivity contribution in [1.29, 1.82) is 0 Å². The number of rotatable bonds is 5. The van der Waals surface area contributed by atoms with Crippen LogP contribution in [0.2, 0.25) is 0 Å². The molecular weight excluding hydrogens is 344 g/mol. The lowest BCUT2D eigenvalue weighted by molar-refractivity contribution is 0.0599. The molecule has 0 bridgehead atoms. The van der Waals surface area contributed by atoms with Crippen LogP contribution < -0.4 is 5.32 Å². The van der Waals surface area contributed by atoms with Crippen molar-refractivity contribution in [3.05, 3.63) is 41.0 Å². The van der Waals surface area contributed by atoms with E-state index < -0.39 is 18.0 Å². The van der Waals surface area contributed by atoms with Crippen molar-refractivity contribution >= 4 is 23.7 Å². The molecule has 1 aromatic carbocycles. The summed E-state index contributed by atoms with van der Waals surface area (Å²) in [6.07, 6.45) is 0. The molecule has 2 aromatic rings. The van der Waals surface area contributed by atoms with E-state index in [1.807, 2.05) is 0 Å². The molecule has 10 heteroatoms. The number of anilines is 1. The van der Waals surface area contributed by atoms with E-state index in [1.165, 1.54) is 44.4 Å². The molecule has 26 heavy (non-hydrogen) atoms. The summed E-state index contributed by atoms with van der Waals surface area (Å²) < 4.78 is 14.3. The molecule has 138 valence electrons. The fraction of sp³-hybridized carbons (Fsp3) is 0.312. The molecule has 1 heterocycles. The van der Waals surface area contributed by atoms with Gasteiger partial charge in [0.05, 0.1) is 25.3 Å². The first-order valence-corrected chi connectivity index (χ1v) is 7.47. The lowest BCUT2D eigenvalue weighted by Gasteiger charge is -2.16. The van der Waals surface area contributed by atoms with Gasteiger partial charge < -0.3 is 24.2 Å². The van der Waals surface area contributed by atoms with E-state index in [1.54, 1.807) is 6.92 Å². The lowest BCUT2D eigenvalue weighted by atomic mass is 10.1. The number of amides is 2. The Bertz CT molecular complexity index is 798. The van der Waals surface area contributed by atoms with Gasteiger partial charge in [-0.15, -0.1) is 0 Å². The van der Waals surface area contributed by atoms with Gasteiger partial charge in [0.25, 0.3) is 0 Å². The largest absolute Gasteiger partial charge is 0.465 e.